The number of hydrazone groups is 1. The van der Waals surface area contributed by atoms with Crippen LogP contribution in [0.25, 0.3) is 10.2 Å². The summed E-state index contributed by atoms with van der Waals surface area (Å²) in [6.45, 7) is 3.17. The minimum atomic E-state index is -4.82. The SMILES string of the molecule is C/C(=C1/C(=O)N(c2nc3ccccc3s2)N=C1C(F)(F)F)N1CCN(c2ccc([N+](=O)[O-])cc2)CC1. The number of allylic oxidation sites excluding steroid dienone is 1. The molecule has 186 valence electrons. The quantitative estimate of drug-likeness (QED) is 0.287. The van der Waals surface area contributed by atoms with Gasteiger partial charge in [-0.3, -0.25) is 14.9 Å². The second-order valence-electron chi connectivity index (χ2n) is 8.24. The lowest BCUT2D eigenvalue weighted by Crippen LogP contribution is -2.46. The van der Waals surface area contributed by atoms with E-state index in [1.807, 2.05) is 4.90 Å². The molecule has 13 heteroatoms. The normalized spacial score (nSPS) is 18.2. The molecule has 0 N–H and O–H groups in total. The molecule has 1 saturated heterocycles. The van der Waals surface area contributed by atoms with Gasteiger partial charge in [0.05, 0.1) is 20.7 Å². The van der Waals surface area contributed by atoms with E-state index < -0.39 is 28.3 Å². The van der Waals surface area contributed by atoms with Crippen LogP contribution in [-0.4, -0.2) is 58.8 Å². The summed E-state index contributed by atoms with van der Waals surface area (Å²) in [5.41, 5.74) is -0.183. The van der Waals surface area contributed by atoms with Crippen molar-refractivity contribution >= 4 is 49.7 Å². The number of nitro benzene ring substituents is 1. The summed E-state index contributed by atoms with van der Waals surface area (Å²) in [5, 5.41) is 15.3. The van der Waals surface area contributed by atoms with Crippen molar-refractivity contribution in [2.75, 3.05) is 36.1 Å². The molecular weight excluding hydrogens is 497 g/mol. The summed E-state index contributed by atoms with van der Waals surface area (Å²) in [4.78, 5) is 31.6. The number of benzene rings is 2. The number of rotatable bonds is 4. The molecule has 0 unspecified atom stereocenters. The molecule has 0 aliphatic carbocycles. The highest BCUT2D eigenvalue weighted by Gasteiger charge is 2.49. The Kier molecular flexibility index (Phi) is 5.86. The number of hydrogen-bond donors (Lipinski definition) is 0. The number of thiazole rings is 1. The number of anilines is 2. The zero-order valence-corrected chi connectivity index (χ0v) is 19.7. The first-order chi connectivity index (χ1) is 17.1. The van der Waals surface area contributed by atoms with Crippen molar-refractivity contribution in [1.82, 2.24) is 9.88 Å². The number of carbonyl (C=O) groups is 1. The van der Waals surface area contributed by atoms with Crippen LogP contribution in [0.2, 0.25) is 0 Å². The van der Waals surface area contributed by atoms with Gasteiger partial charge in [-0.05, 0) is 31.2 Å². The molecule has 0 bridgehead atoms. The first-order valence-electron chi connectivity index (χ1n) is 10.9. The van der Waals surface area contributed by atoms with E-state index in [-0.39, 0.29) is 16.5 Å². The van der Waals surface area contributed by atoms with Gasteiger partial charge in [0.15, 0.2) is 5.71 Å². The second kappa shape index (κ2) is 8.90. The van der Waals surface area contributed by atoms with Gasteiger partial charge in [0.25, 0.3) is 11.6 Å². The number of aromatic nitrogens is 1. The number of nitrogens with zero attached hydrogens (tertiary/aromatic N) is 6. The van der Waals surface area contributed by atoms with Crippen LogP contribution < -0.4 is 9.91 Å². The average Bonchev–Trinajstić information content (AvgIpc) is 3.44. The predicted molar refractivity (Wildman–Crippen MR) is 130 cm³/mol. The van der Waals surface area contributed by atoms with Crippen molar-refractivity contribution in [3.8, 4) is 0 Å². The maximum absolute atomic E-state index is 13.9. The standard InChI is InChI=1S/C23H19F3N6O3S/c1-14(29-10-12-30(13-11-29)15-6-8-16(9-7-15)32(34)35)19-20(23(24,25)26)28-31(21(19)33)22-27-17-4-2-3-5-18(17)36-22/h2-9H,10-13H2,1H3/b19-14-. The fraction of sp³-hybridized carbons (Fsp3) is 0.261. The molecule has 2 aliphatic rings. The van der Waals surface area contributed by atoms with Crippen molar-refractivity contribution in [2.45, 2.75) is 13.1 Å². The first-order valence-corrected chi connectivity index (χ1v) is 11.8. The largest absolute Gasteiger partial charge is 0.436 e. The Hall–Kier alpha value is -4.00. The maximum atomic E-state index is 13.9. The number of carbonyl (C=O) groups excluding carboxylic acids is 1. The monoisotopic (exact) mass is 516 g/mol. The molecule has 0 spiro atoms. The molecule has 0 saturated carbocycles. The van der Waals surface area contributed by atoms with E-state index in [1.54, 1.807) is 41.3 Å². The molecule has 3 aromatic rings. The molecule has 0 radical (unpaired) electrons. The number of alkyl halides is 3. The molecule has 3 heterocycles. The van der Waals surface area contributed by atoms with Crippen LogP contribution in [0.1, 0.15) is 6.92 Å². The molecule has 2 aliphatic heterocycles. The molecule has 1 fully saturated rings. The molecule has 2 aromatic carbocycles. The predicted octanol–water partition coefficient (Wildman–Crippen LogP) is 4.57. The summed E-state index contributed by atoms with van der Waals surface area (Å²) in [6.07, 6.45) is -4.82. The number of fused-ring (bicyclic) bond motifs is 1. The van der Waals surface area contributed by atoms with Crippen LogP contribution in [0.4, 0.5) is 29.7 Å². The minimum Gasteiger partial charge on any atom is -0.371 e. The van der Waals surface area contributed by atoms with E-state index in [4.69, 9.17) is 0 Å². The Labute approximate surface area is 206 Å². The highest BCUT2D eigenvalue weighted by atomic mass is 32.1. The number of hydrogen-bond acceptors (Lipinski definition) is 8. The van der Waals surface area contributed by atoms with Gasteiger partial charge in [0.1, 0.15) is 0 Å². The number of piperazine rings is 1. The summed E-state index contributed by atoms with van der Waals surface area (Å²) in [5.74, 6) is -0.864. The Morgan fingerprint density at radius 2 is 1.72 bits per heavy atom. The van der Waals surface area contributed by atoms with Crippen LogP contribution in [0.3, 0.4) is 0 Å². The number of para-hydroxylation sites is 1. The van der Waals surface area contributed by atoms with Gasteiger partial charge in [0, 0.05) is 49.7 Å². The van der Waals surface area contributed by atoms with E-state index in [9.17, 15) is 28.1 Å². The number of non-ortho nitro benzene ring substituents is 1. The fourth-order valence-electron chi connectivity index (χ4n) is 4.25. The third kappa shape index (κ3) is 4.26. The molecule has 1 amide bonds. The highest BCUT2D eigenvalue weighted by molar-refractivity contribution is 7.22. The summed E-state index contributed by atoms with van der Waals surface area (Å²) in [6, 6.07) is 13.1. The van der Waals surface area contributed by atoms with Crippen molar-refractivity contribution in [3.63, 3.8) is 0 Å². The number of amides is 1. The molecule has 1 aromatic heterocycles. The van der Waals surface area contributed by atoms with E-state index >= 15 is 0 Å². The lowest BCUT2D eigenvalue weighted by molar-refractivity contribution is -0.384. The summed E-state index contributed by atoms with van der Waals surface area (Å²) in [7, 11) is 0. The second-order valence-corrected chi connectivity index (χ2v) is 9.24. The van der Waals surface area contributed by atoms with Gasteiger partial charge in [0.2, 0.25) is 5.13 Å². The topological polar surface area (TPSA) is 95.2 Å². The van der Waals surface area contributed by atoms with E-state index in [2.05, 4.69) is 10.1 Å². The number of nitro groups is 1. The molecule has 9 nitrogen and oxygen atoms in total. The van der Waals surface area contributed by atoms with Gasteiger partial charge < -0.3 is 9.80 Å². The van der Waals surface area contributed by atoms with Gasteiger partial charge in [-0.15, -0.1) is 0 Å². The maximum Gasteiger partial charge on any atom is 0.436 e. The minimum absolute atomic E-state index is 0.0191. The van der Waals surface area contributed by atoms with Crippen molar-refractivity contribution in [3.05, 3.63) is 69.9 Å². The molecule has 0 atom stereocenters. The fourth-order valence-corrected chi connectivity index (χ4v) is 5.17. The van der Waals surface area contributed by atoms with Gasteiger partial charge in [-0.2, -0.15) is 23.3 Å². The van der Waals surface area contributed by atoms with Gasteiger partial charge >= 0.3 is 6.18 Å². The third-order valence-electron chi connectivity index (χ3n) is 6.12. The summed E-state index contributed by atoms with van der Waals surface area (Å²) < 4.78 is 42.6. The van der Waals surface area contributed by atoms with Crippen LogP contribution >= 0.6 is 11.3 Å². The Balaban J connectivity index is 1.39. The van der Waals surface area contributed by atoms with Gasteiger partial charge in [-0.25, -0.2) is 4.98 Å². The van der Waals surface area contributed by atoms with E-state index in [1.165, 1.54) is 19.1 Å². The van der Waals surface area contributed by atoms with E-state index in [0.29, 0.717) is 31.7 Å². The van der Waals surface area contributed by atoms with Crippen LogP contribution in [0.5, 0.6) is 0 Å². The van der Waals surface area contributed by atoms with Crippen LogP contribution in [0, 0.1) is 10.1 Å². The summed E-state index contributed by atoms with van der Waals surface area (Å²) >= 11 is 1.10. The highest BCUT2D eigenvalue weighted by Crippen LogP contribution is 2.37. The molecule has 5 rings (SSSR count). The third-order valence-corrected chi connectivity index (χ3v) is 7.13. The first kappa shape index (κ1) is 23.7. The zero-order valence-electron chi connectivity index (χ0n) is 18.9. The molecule has 36 heavy (non-hydrogen) atoms. The van der Waals surface area contributed by atoms with Crippen LogP contribution in [0.15, 0.2) is 64.9 Å². The number of halogens is 3. The van der Waals surface area contributed by atoms with E-state index in [0.717, 1.165) is 26.7 Å². The van der Waals surface area contributed by atoms with Crippen molar-refractivity contribution in [2.24, 2.45) is 5.10 Å². The average molecular weight is 517 g/mol. The smallest absolute Gasteiger partial charge is 0.371 e. The van der Waals surface area contributed by atoms with Crippen molar-refractivity contribution < 1.29 is 22.9 Å². The Morgan fingerprint density at radius 1 is 1.06 bits per heavy atom. The molecular formula is C23H19F3N6O3S. The Bertz CT molecular complexity index is 1380. The zero-order chi connectivity index (χ0) is 25.6. The lowest BCUT2D eigenvalue weighted by atomic mass is 10.1. The van der Waals surface area contributed by atoms with Crippen molar-refractivity contribution in [1.29, 1.82) is 0 Å². The lowest BCUT2D eigenvalue weighted by Gasteiger charge is -2.38. The van der Waals surface area contributed by atoms with Gasteiger partial charge in [-0.1, -0.05) is 23.5 Å². The Morgan fingerprint density at radius 3 is 2.33 bits per heavy atom. The van der Waals surface area contributed by atoms with Crippen LogP contribution in [-0.2, 0) is 4.79 Å².